The Balaban J connectivity index is 2.30. The molecule has 0 spiro atoms. The highest BCUT2D eigenvalue weighted by molar-refractivity contribution is 5.47. The van der Waals surface area contributed by atoms with Gasteiger partial charge < -0.3 is 14.8 Å². The van der Waals surface area contributed by atoms with Crippen LogP contribution in [0.2, 0.25) is 0 Å². The van der Waals surface area contributed by atoms with Crippen molar-refractivity contribution in [3.63, 3.8) is 0 Å². The van der Waals surface area contributed by atoms with Crippen molar-refractivity contribution in [1.82, 2.24) is 5.32 Å². The van der Waals surface area contributed by atoms with E-state index in [1.807, 2.05) is 14.2 Å². The summed E-state index contributed by atoms with van der Waals surface area (Å²) in [5.41, 5.74) is 3.79. The highest BCUT2D eigenvalue weighted by Crippen LogP contribution is 2.43. The molecule has 20 heavy (non-hydrogen) atoms. The van der Waals surface area contributed by atoms with Crippen LogP contribution in [0.25, 0.3) is 0 Å². The molecule has 1 aliphatic carbocycles. The van der Waals surface area contributed by atoms with Crippen LogP contribution in [-0.4, -0.2) is 26.9 Å². The third-order valence-electron chi connectivity index (χ3n) is 4.91. The second kappa shape index (κ2) is 6.15. The van der Waals surface area contributed by atoms with Crippen molar-refractivity contribution in [3.05, 3.63) is 28.8 Å². The molecule has 1 aromatic carbocycles. The summed E-state index contributed by atoms with van der Waals surface area (Å²) in [6.45, 7) is 4.25. The van der Waals surface area contributed by atoms with Gasteiger partial charge in [-0.15, -0.1) is 0 Å². The van der Waals surface area contributed by atoms with Gasteiger partial charge in [0.05, 0.1) is 12.7 Å². The van der Waals surface area contributed by atoms with Gasteiger partial charge in [0.25, 0.3) is 0 Å². The predicted octanol–water partition coefficient (Wildman–Crippen LogP) is 3.53. The molecular formula is C17H27NO2. The molecule has 1 fully saturated rings. The highest BCUT2D eigenvalue weighted by atomic mass is 16.5. The van der Waals surface area contributed by atoms with Gasteiger partial charge in [0.1, 0.15) is 5.75 Å². The molecule has 0 aliphatic heterocycles. The minimum atomic E-state index is 0.0531. The van der Waals surface area contributed by atoms with E-state index in [2.05, 4.69) is 31.3 Å². The van der Waals surface area contributed by atoms with E-state index in [0.717, 1.165) is 25.0 Å². The van der Waals surface area contributed by atoms with Crippen LogP contribution in [0.5, 0.6) is 5.75 Å². The van der Waals surface area contributed by atoms with Crippen molar-refractivity contribution in [1.29, 1.82) is 0 Å². The highest BCUT2D eigenvalue weighted by Gasteiger charge is 2.39. The Morgan fingerprint density at radius 3 is 2.40 bits per heavy atom. The van der Waals surface area contributed by atoms with Crippen LogP contribution in [0.4, 0.5) is 0 Å². The molecule has 1 aromatic rings. The topological polar surface area (TPSA) is 30.5 Å². The first-order valence-electron chi connectivity index (χ1n) is 7.43. The smallest absolute Gasteiger partial charge is 0.126 e. The van der Waals surface area contributed by atoms with Gasteiger partial charge in [0.2, 0.25) is 0 Å². The van der Waals surface area contributed by atoms with E-state index < -0.39 is 0 Å². The second-order valence-electron chi connectivity index (χ2n) is 5.92. The molecule has 1 aliphatic rings. The predicted molar refractivity (Wildman–Crippen MR) is 82.5 cm³/mol. The fourth-order valence-electron chi connectivity index (χ4n) is 3.16. The second-order valence-corrected chi connectivity index (χ2v) is 5.92. The van der Waals surface area contributed by atoms with E-state index >= 15 is 0 Å². The molecule has 1 unspecified atom stereocenters. The molecule has 0 radical (unpaired) electrons. The monoisotopic (exact) mass is 277 g/mol. The number of rotatable bonds is 6. The Bertz CT molecular complexity index is 461. The molecule has 1 atom stereocenters. The number of benzene rings is 1. The van der Waals surface area contributed by atoms with Gasteiger partial charge in [-0.1, -0.05) is 12.1 Å². The summed E-state index contributed by atoms with van der Waals surface area (Å²) in [7, 11) is 5.61. The summed E-state index contributed by atoms with van der Waals surface area (Å²) in [4.78, 5) is 0. The third-order valence-corrected chi connectivity index (χ3v) is 4.91. The SMILES string of the molecule is CNC(CC1(OC)CCC1)c1ccc(C)c(C)c1OC. The molecule has 0 aromatic heterocycles. The van der Waals surface area contributed by atoms with Gasteiger partial charge in [0, 0.05) is 18.7 Å². The zero-order valence-electron chi connectivity index (χ0n) is 13.4. The first-order valence-corrected chi connectivity index (χ1v) is 7.43. The van der Waals surface area contributed by atoms with E-state index in [1.165, 1.54) is 23.1 Å². The maximum absolute atomic E-state index is 5.77. The zero-order valence-corrected chi connectivity index (χ0v) is 13.4. The summed E-state index contributed by atoms with van der Waals surface area (Å²) in [5, 5.41) is 3.44. The van der Waals surface area contributed by atoms with Gasteiger partial charge in [-0.05, 0) is 57.7 Å². The van der Waals surface area contributed by atoms with Crippen molar-refractivity contribution in [2.24, 2.45) is 0 Å². The maximum Gasteiger partial charge on any atom is 0.126 e. The molecule has 112 valence electrons. The average molecular weight is 277 g/mol. The van der Waals surface area contributed by atoms with E-state index in [0.29, 0.717) is 0 Å². The minimum Gasteiger partial charge on any atom is -0.496 e. The Hall–Kier alpha value is -1.06. The van der Waals surface area contributed by atoms with Crippen LogP contribution in [-0.2, 0) is 4.74 Å². The van der Waals surface area contributed by atoms with Crippen molar-refractivity contribution < 1.29 is 9.47 Å². The lowest BCUT2D eigenvalue weighted by Crippen LogP contribution is -2.42. The summed E-state index contributed by atoms with van der Waals surface area (Å²) in [6.07, 6.45) is 4.59. The zero-order chi connectivity index (χ0) is 14.8. The number of hydrogen-bond acceptors (Lipinski definition) is 3. The van der Waals surface area contributed by atoms with Crippen molar-refractivity contribution >= 4 is 0 Å². The molecule has 0 bridgehead atoms. The van der Waals surface area contributed by atoms with Crippen LogP contribution in [0.3, 0.4) is 0 Å². The fraction of sp³-hybridized carbons (Fsp3) is 0.647. The molecule has 0 saturated heterocycles. The van der Waals surface area contributed by atoms with Crippen LogP contribution in [0, 0.1) is 13.8 Å². The summed E-state index contributed by atoms with van der Waals surface area (Å²) in [5.74, 6) is 1.01. The van der Waals surface area contributed by atoms with E-state index in [9.17, 15) is 0 Å². The van der Waals surface area contributed by atoms with Gasteiger partial charge in [-0.3, -0.25) is 0 Å². The Morgan fingerprint density at radius 1 is 1.25 bits per heavy atom. The number of nitrogens with one attached hydrogen (secondary N) is 1. The lowest BCUT2D eigenvalue weighted by Gasteiger charge is -2.43. The normalized spacial score (nSPS) is 18.4. The molecule has 0 heterocycles. The molecule has 1 saturated carbocycles. The van der Waals surface area contributed by atoms with Crippen LogP contribution in [0.1, 0.15) is 48.4 Å². The van der Waals surface area contributed by atoms with Gasteiger partial charge >= 0.3 is 0 Å². The first-order chi connectivity index (χ1) is 9.56. The van der Waals surface area contributed by atoms with E-state index in [-0.39, 0.29) is 11.6 Å². The standard InChI is InChI=1S/C17H27NO2/c1-12-7-8-14(16(19-4)13(12)2)15(18-3)11-17(20-5)9-6-10-17/h7-8,15,18H,6,9-11H2,1-5H3. The minimum absolute atomic E-state index is 0.0531. The summed E-state index contributed by atoms with van der Waals surface area (Å²) < 4.78 is 11.4. The molecular weight excluding hydrogens is 250 g/mol. The number of methoxy groups -OCH3 is 2. The van der Waals surface area contributed by atoms with Crippen molar-refractivity contribution in [2.75, 3.05) is 21.3 Å². The third kappa shape index (κ3) is 2.70. The molecule has 3 nitrogen and oxygen atoms in total. The van der Waals surface area contributed by atoms with E-state index in [4.69, 9.17) is 9.47 Å². The lowest BCUT2D eigenvalue weighted by atomic mass is 9.74. The Morgan fingerprint density at radius 2 is 1.95 bits per heavy atom. The van der Waals surface area contributed by atoms with Crippen LogP contribution >= 0.6 is 0 Å². The van der Waals surface area contributed by atoms with Gasteiger partial charge in [-0.2, -0.15) is 0 Å². The van der Waals surface area contributed by atoms with Crippen molar-refractivity contribution in [3.8, 4) is 5.75 Å². The first kappa shape index (κ1) is 15.3. The Labute approximate surface area is 122 Å². The molecule has 2 rings (SSSR count). The fourth-order valence-corrected chi connectivity index (χ4v) is 3.16. The lowest BCUT2D eigenvalue weighted by molar-refractivity contribution is -0.0835. The van der Waals surface area contributed by atoms with Crippen molar-refractivity contribution in [2.45, 2.75) is 51.2 Å². The molecule has 0 amide bonds. The van der Waals surface area contributed by atoms with Crippen LogP contribution < -0.4 is 10.1 Å². The largest absolute Gasteiger partial charge is 0.496 e. The number of ether oxygens (including phenoxy) is 2. The summed E-state index contributed by atoms with van der Waals surface area (Å²) >= 11 is 0. The average Bonchev–Trinajstić information content (AvgIpc) is 2.42. The van der Waals surface area contributed by atoms with Gasteiger partial charge in [-0.25, -0.2) is 0 Å². The molecule has 1 N–H and O–H groups in total. The van der Waals surface area contributed by atoms with E-state index in [1.54, 1.807) is 7.11 Å². The van der Waals surface area contributed by atoms with Crippen LogP contribution in [0.15, 0.2) is 12.1 Å². The quantitative estimate of drug-likeness (QED) is 0.863. The Kier molecular flexibility index (Phi) is 4.71. The van der Waals surface area contributed by atoms with Gasteiger partial charge in [0.15, 0.2) is 0 Å². The summed E-state index contributed by atoms with van der Waals surface area (Å²) in [6, 6.07) is 4.63. The number of aryl methyl sites for hydroxylation is 1. The maximum atomic E-state index is 5.77. The molecule has 3 heteroatoms. The number of hydrogen-bond donors (Lipinski definition) is 1.